The third-order valence-corrected chi connectivity index (χ3v) is 3.46. The first-order chi connectivity index (χ1) is 8.61. The first-order valence-electron chi connectivity index (χ1n) is 6.44. The van der Waals surface area contributed by atoms with Crippen molar-refractivity contribution in [3.05, 3.63) is 11.7 Å². The summed E-state index contributed by atoms with van der Waals surface area (Å²) in [5.74, 6) is 1.57. The van der Waals surface area contributed by atoms with Gasteiger partial charge in [0.05, 0.1) is 6.04 Å². The second-order valence-electron chi connectivity index (χ2n) is 4.62. The number of piperazine rings is 1. The fourth-order valence-corrected chi connectivity index (χ4v) is 2.16. The molecule has 1 aromatic heterocycles. The Labute approximate surface area is 107 Å². The molecule has 6 heteroatoms. The van der Waals surface area contributed by atoms with E-state index in [1.54, 1.807) is 6.92 Å². The number of amides is 1. The third kappa shape index (κ3) is 2.69. The lowest BCUT2D eigenvalue weighted by Gasteiger charge is -2.36. The van der Waals surface area contributed by atoms with Gasteiger partial charge in [0.1, 0.15) is 0 Å². The largest absolute Gasteiger partial charge is 0.340 e. The van der Waals surface area contributed by atoms with Gasteiger partial charge in [-0.2, -0.15) is 4.98 Å². The van der Waals surface area contributed by atoms with E-state index in [-0.39, 0.29) is 11.9 Å². The summed E-state index contributed by atoms with van der Waals surface area (Å²) in [5, 5.41) is 3.92. The van der Waals surface area contributed by atoms with Crippen molar-refractivity contribution in [2.75, 3.05) is 26.2 Å². The second-order valence-corrected chi connectivity index (χ2v) is 4.62. The summed E-state index contributed by atoms with van der Waals surface area (Å²) in [7, 11) is 0. The van der Waals surface area contributed by atoms with E-state index in [1.165, 1.54) is 0 Å². The average molecular weight is 252 g/mol. The Balaban J connectivity index is 1.94. The van der Waals surface area contributed by atoms with Crippen molar-refractivity contribution >= 4 is 5.91 Å². The third-order valence-electron chi connectivity index (χ3n) is 3.46. The first-order valence-corrected chi connectivity index (χ1v) is 6.44. The number of hydrogen-bond acceptors (Lipinski definition) is 5. The van der Waals surface area contributed by atoms with Gasteiger partial charge in [-0.15, -0.1) is 0 Å². The van der Waals surface area contributed by atoms with Gasteiger partial charge in [-0.1, -0.05) is 12.1 Å². The average Bonchev–Trinajstić information content (AvgIpc) is 2.86. The van der Waals surface area contributed by atoms with Crippen LogP contribution < -0.4 is 0 Å². The van der Waals surface area contributed by atoms with Gasteiger partial charge in [0.25, 0.3) is 0 Å². The molecular weight excluding hydrogens is 232 g/mol. The Kier molecular flexibility index (Phi) is 3.96. The molecule has 18 heavy (non-hydrogen) atoms. The minimum absolute atomic E-state index is 0.118. The highest BCUT2D eigenvalue weighted by atomic mass is 16.5. The number of aryl methyl sites for hydroxylation is 1. The van der Waals surface area contributed by atoms with E-state index in [4.69, 9.17) is 4.52 Å². The van der Waals surface area contributed by atoms with Crippen LogP contribution in [0.5, 0.6) is 0 Å². The number of carbonyl (C=O) groups excluding carboxylic acids is 1. The Morgan fingerprint density at radius 3 is 2.56 bits per heavy atom. The predicted molar refractivity (Wildman–Crippen MR) is 65.9 cm³/mol. The molecule has 0 aromatic carbocycles. The summed E-state index contributed by atoms with van der Waals surface area (Å²) in [6, 6.07) is 0.118. The molecule has 100 valence electrons. The fraction of sp³-hybridized carbons (Fsp3) is 0.750. The van der Waals surface area contributed by atoms with Gasteiger partial charge < -0.3 is 9.42 Å². The summed E-state index contributed by atoms with van der Waals surface area (Å²) in [4.78, 5) is 19.8. The maximum atomic E-state index is 11.3. The molecule has 0 aliphatic carbocycles. The van der Waals surface area contributed by atoms with Crippen LogP contribution in [-0.2, 0) is 11.2 Å². The van der Waals surface area contributed by atoms with E-state index in [1.807, 2.05) is 11.8 Å². The monoisotopic (exact) mass is 252 g/mol. The fourth-order valence-electron chi connectivity index (χ4n) is 2.16. The minimum Gasteiger partial charge on any atom is -0.340 e. The maximum Gasteiger partial charge on any atom is 0.243 e. The zero-order valence-corrected chi connectivity index (χ0v) is 11.2. The van der Waals surface area contributed by atoms with Gasteiger partial charge in [0.15, 0.2) is 5.82 Å². The van der Waals surface area contributed by atoms with Gasteiger partial charge in [0.2, 0.25) is 11.8 Å². The zero-order chi connectivity index (χ0) is 13.1. The first kappa shape index (κ1) is 13.0. The number of nitrogens with zero attached hydrogens (tertiary/aromatic N) is 4. The van der Waals surface area contributed by atoms with Crippen LogP contribution in [0.4, 0.5) is 0 Å². The second kappa shape index (κ2) is 5.48. The van der Waals surface area contributed by atoms with Gasteiger partial charge in [-0.25, -0.2) is 0 Å². The van der Waals surface area contributed by atoms with Gasteiger partial charge in [-0.3, -0.25) is 9.69 Å². The highest BCUT2D eigenvalue weighted by molar-refractivity contribution is 5.73. The molecule has 1 amide bonds. The van der Waals surface area contributed by atoms with Crippen LogP contribution in [0.3, 0.4) is 0 Å². The maximum absolute atomic E-state index is 11.3. The summed E-state index contributed by atoms with van der Waals surface area (Å²) in [5.41, 5.74) is 0. The van der Waals surface area contributed by atoms with Crippen molar-refractivity contribution in [1.29, 1.82) is 0 Å². The number of hydrogen-bond donors (Lipinski definition) is 0. The standard InChI is InChI=1S/C12H20N4O2/c1-4-11-13-12(18-14-11)9(2)15-5-7-16(8-6-15)10(3)17/h9H,4-8H2,1-3H3/t9-/m1/s1. The molecule has 1 aromatic rings. The van der Waals surface area contributed by atoms with E-state index < -0.39 is 0 Å². The summed E-state index contributed by atoms with van der Waals surface area (Å²) in [6.45, 7) is 8.93. The molecule has 2 rings (SSSR count). The highest BCUT2D eigenvalue weighted by Gasteiger charge is 2.26. The Hall–Kier alpha value is -1.43. The molecule has 1 aliphatic rings. The lowest BCUT2D eigenvalue weighted by Crippen LogP contribution is -2.48. The van der Waals surface area contributed by atoms with Crippen molar-refractivity contribution in [3.8, 4) is 0 Å². The topological polar surface area (TPSA) is 62.5 Å². The molecule has 0 N–H and O–H groups in total. The molecule has 0 saturated carbocycles. The van der Waals surface area contributed by atoms with E-state index in [0.29, 0.717) is 5.89 Å². The highest BCUT2D eigenvalue weighted by Crippen LogP contribution is 2.20. The molecule has 1 fully saturated rings. The van der Waals surface area contributed by atoms with Crippen molar-refractivity contribution in [2.24, 2.45) is 0 Å². The molecule has 6 nitrogen and oxygen atoms in total. The minimum atomic E-state index is 0.118. The quantitative estimate of drug-likeness (QED) is 0.798. The normalized spacial score (nSPS) is 18.9. The van der Waals surface area contributed by atoms with E-state index >= 15 is 0 Å². The van der Waals surface area contributed by atoms with Gasteiger partial charge >= 0.3 is 0 Å². The molecule has 0 bridgehead atoms. The van der Waals surface area contributed by atoms with Crippen molar-refractivity contribution < 1.29 is 9.32 Å². The summed E-state index contributed by atoms with van der Waals surface area (Å²) in [6.07, 6.45) is 0.786. The lowest BCUT2D eigenvalue weighted by molar-refractivity contribution is -0.130. The van der Waals surface area contributed by atoms with Crippen LogP contribution in [0, 0.1) is 0 Å². The van der Waals surface area contributed by atoms with E-state index in [0.717, 1.165) is 38.4 Å². The Bertz CT molecular complexity index is 410. The van der Waals surface area contributed by atoms with Crippen LogP contribution in [0.1, 0.15) is 38.5 Å². The summed E-state index contributed by atoms with van der Waals surface area (Å²) < 4.78 is 5.26. The number of rotatable bonds is 3. The molecule has 1 aliphatic heterocycles. The number of aromatic nitrogens is 2. The van der Waals surface area contributed by atoms with Gasteiger partial charge in [-0.05, 0) is 6.92 Å². The Morgan fingerprint density at radius 1 is 1.39 bits per heavy atom. The van der Waals surface area contributed by atoms with E-state index in [9.17, 15) is 4.79 Å². The molecule has 2 heterocycles. The van der Waals surface area contributed by atoms with Crippen molar-refractivity contribution in [2.45, 2.75) is 33.2 Å². The molecule has 0 spiro atoms. The lowest BCUT2D eigenvalue weighted by atomic mass is 10.2. The smallest absolute Gasteiger partial charge is 0.243 e. The van der Waals surface area contributed by atoms with Gasteiger partial charge in [0, 0.05) is 39.5 Å². The molecule has 1 atom stereocenters. The van der Waals surface area contributed by atoms with Crippen molar-refractivity contribution in [1.82, 2.24) is 19.9 Å². The predicted octanol–water partition coefficient (Wildman–Crippen LogP) is 0.857. The van der Waals surface area contributed by atoms with Crippen LogP contribution in [0.25, 0.3) is 0 Å². The summed E-state index contributed by atoms with van der Waals surface area (Å²) >= 11 is 0. The van der Waals surface area contributed by atoms with Crippen LogP contribution >= 0.6 is 0 Å². The van der Waals surface area contributed by atoms with Crippen molar-refractivity contribution in [3.63, 3.8) is 0 Å². The molecule has 0 unspecified atom stereocenters. The molecule has 0 radical (unpaired) electrons. The SMILES string of the molecule is CCc1noc([C@@H](C)N2CCN(C(C)=O)CC2)n1. The van der Waals surface area contributed by atoms with Crippen LogP contribution in [0.15, 0.2) is 4.52 Å². The molecule has 1 saturated heterocycles. The Morgan fingerprint density at radius 2 is 2.06 bits per heavy atom. The van der Waals surface area contributed by atoms with Crippen LogP contribution in [0.2, 0.25) is 0 Å². The zero-order valence-electron chi connectivity index (χ0n) is 11.2. The van der Waals surface area contributed by atoms with E-state index in [2.05, 4.69) is 22.0 Å². The molecular formula is C12H20N4O2. The number of carbonyl (C=O) groups is 1. The van der Waals surface area contributed by atoms with Crippen LogP contribution in [-0.4, -0.2) is 52.0 Å².